The maximum absolute atomic E-state index is 12.4. The fraction of sp³-hybridized carbons (Fsp3) is 0.167. The van der Waals surface area contributed by atoms with Crippen LogP contribution in [0.3, 0.4) is 0 Å². The van der Waals surface area contributed by atoms with Gasteiger partial charge in [0.05, 0.1) is 10.8 Å². The van der Waals surface area contributed by atoms with Gasteiger partial charge in [0.1, 0.15) is 10.9 Å². The number of hydrogen-bond acceptors (Lipinski definition) is 4. The van der Waals surface area contributed by atoms with Crippen LogP contribution in [0.1, 0.15) is 12.7 Å². The van der Waals surface area contributed by atoms with Gasteiger partial charge >= 0.3 is 0 Å². The maximum Gasteiger partial charge on any atom is 0.237 e. The largest absolute Gasteiger partial charge is 0.325 e. The zero-order chi connectivity index (χ0) is 17.1. The molecule has 1 atom stereocenters. The standard InChI is InChI=1S/C18H16ClN3OS/c1-11(17(23)22-14-7-5-6-13(19)10-14)24-18-15-8-3-4-9-16(15)20-12(2)21-18/h3-11H,1-2H3,(H,22,23)/t11-/m0/s1. The summed E-state index contributed by atoms with van der Waals surface area (Å²) in [7, 11) is 0. The predicted octanol–water partition coefficient (Wildman–Crippen LogP) is 4.71. The van der Waals surface area contributed by atoms with Gasteiger partial charge in [-0.25, -0.2) is 9.97 Å². The third kappa shape index (κ3) is 3.86. The van der Waals surface area contributed by atoms with Crippen molar-refractivity contribution in [3.8, 4) is 0 Å². The number of rotatable bonds is 4. The molecular weight excluding hydrogens is 342 g/mol. The van der Waals surface area contributed by atoms with E-state index in [1.54, 1.807) is 18.2 Å². The number of nitrogens with one attached hydrogen (secondary N) is 1. The highest BCUT2D eigenvalue weighted by Gasteiger charge is 2.17. The Morgan fingerprint density at radius 2 is 1.96 bits per heavy atom. The SMILES string of the molecule is Cc1nc(S[C@@H](C)C(=O)Nc2cccc(Cl)c2)c2ccccc2n1. The molecule has 0 spiro atoms. The number of aryl methyl sites for hydroxylation is 1. The average molecular weight is 358 g/mol. The van der Waals surface area contributed by atoms with Crippen LogP contribution in [0.2, 0.25) is 5.02 Å². The Kier molecular flexibility index (Phi) is 5.02. The lowest BCUT2D eigenvalue weighted by atomic mass is 10.2. The van der Waals surface area contributed by atoms with Crippen molar-refractivity contribution in [3.63, 3.8) is 0 Å². The lowest BCUT2D eigenvalue weighted by Gasteiger charge is -2.13. The number of anilines is 1. The number of hydrogen-bond donors (Lipinski definition) is 1. The first-order valence-electron chi connectivity index (χ1n) is 7.49. The lowest BCUT2D eigenvalue weighted by molar-refractivity contribution is -0.115. The van der Waals surface area contributed by atoms with Crippen LogP contribution in [0.15, 0.2) is 53.6 Å². The molecule has 1 aromatic heterocycles. The molecule has 2 aromatic carbocycles. The van der Waals surface area contributed by atoms with Gasteiger partial charge in [-0.3, -0.25) is 4.79 Å². The molecule has 1 N–H and O–H groups in total. The van der Waals surface area contributed by atoms with Crippen molar-refractivity contribution in [1.82, 2.24) is 9.97 Å². The molecule has 0 saturated heterocycles. The zero-order valence-corrected chi connectivity index (χ0v) is 14.9. The number of fused-ring (bicyclic) bond motifs is 1. The summed E-state index contributed by atoms with van der Waals surface area (Å²) in [6.07, 6.45) is 0. The Labute approximate surface area is 149 Å². The van der Waals surface area contributed by atoms with Crippen molar-refractivity contribution in [2.24, 2.45) is 0 Å². The first-order chi connectivity index (χ1) is 11.5. The van der Waals surface area contributed by atoms with Gasteiger partial charge in [-0.05, 0) is 38.1 Å². The minimum Gasteiger partial charge on any atom is -0.325 e. The number of thioether (sulfide) groups is 1. The van der Waals surface area contributed by atoms with Crippen molar-refractivity contribution in [1.29, 1.82) is 0 Å². The molecule has 0 aliphatic rings. The molecule has 0 fully saturated rings. The molecule has 1 amide bonds. The number of carbonyl (C=O) groups is 1. The highest BCUT2D eigenvalue weighted by molar-refractivity contribution is 8.00. The van der Waals surface area contributed by atoms with Crippen molar-refractivity contribution < 1.29 is 4.79 Å². The first-order valence-corrected chi connectivity index (χ1v) is 8.75. The number of aromatic nitrogens is 2. The maximum atomic E-state index is 12.4. The second-order valence-electron chi connectivity index (χ2n) is 5.35. The molecule has 24 heavy (non-hydrogen) atoms. The predicted molar refractivity (Wildman–Crippen MR) is 99.7 cm³/mol. The Morgan fingerprint density at radius 3 is 2.75 bits per heavy atom. The summed E-state index contributed by atoms with van der Waals surface area (Å²) in [5.74, 6) is 0.598. The third-order valence-corrected chi connectivity index (χ3v) is 4.77. The molecular formula is C18H16ClN3OS. The number of nitrogens with zero attached hydrogens (tertiary/aromatic N) is 2. The van der Waals surface area contributed by atoms with Crippen LogP contribution in [0.5, 0.6) is 0 Å². The molecule has 0 saturated carbocycles. The summed E-state index contributed by atoms with van der Waals surface area (Å²) in [5, 5.41) is 4.93. The lowest BCUT2D eigenvalue weighted by Crippen LogP contribution is -2.22. The number of carbonyl (C=O) groups excluding carboxylic acids is 1. The van der Waals surface area contributed by atoms with Crippen LogP contribution in [-0.4, -0.2) is 21.1 Å². The Balaban J connectivity index is 1.79. The highest BCUT2D eigenvalue weighted by atomic mass is 35.5. The van der Waals surface area contributed by atoms with Gasteiger partial charge in [-0.1, -0.05) is 47.6 Å². The van der Waals surface area contributed by atoms with Gasteiger partial charge in [-0.15, -0.1) is 0 Å². The van der Waals surface area contributed by atoms with E-state index in [-0.39, 0.29) is 11.2 Å². The Morgan fingerprint density at radius 1 is 1.17 bits per heavy atom. The van der Waals surface area contributed by atoms with E-state index in [2.05, 4.69) is 15.3 Å². The van der Waals surface area contributed by atoms with Gasteiger partial charge < -0.3 is 5.32 Å². The number of halogens is 1. The van der Waals surface area contributed by atoms with E-state index in [4.69, 9.17) is 11.6 Å². The molecule has 122 valence electrons. The molecule has 0 aliphatic carbocycles. The fourth-order valence-electron chi connectivity index (χ4n) is 2.28. The number of para-hydroxylation sites is 1. The molecule has 1 heterocycles. The molecule has 3 rings (SSSR count). The number of benzene rings is 2. The van der Waals surface area contributed by atoms with Crippen molar-refractivity contribution in [3.05, 3.63) is 59.4 Å². The van der Waals surface area contributed by atoms with E-state index in [1.165, 1.54) is 11.8 Å². The average Bonchev–Trinajstić information content (AvgIpc) is 2.54. The molecule has 4 nitrogen and oxygen atoms in total. The van der Waals surface area contributed by atoms with Crippen molar-refractivity contribution >= 4 is 45.9 Å². The highest BCUT2D eigenvalue weighted by Crippen LogP contribution is 2.29. The van der Waals surface area contributed by atoms with E-state index in [0.717, 1.165) is 15.9 Å². The van der Waals surface area contributed by atoms with E-state index < -0.39 is 0 Å². The van der Waals surface area contributed by atoms with Gasteiger partial charge in [0.2, 0.25) is 5.91 Å². The minimum absolute atomic E-state index is 0.0948. The minimum atomic E-state index is -0.304. The van der Waals surface area contributed by atoms with Crippen LogP contribution in [0, 0.1) is 6.92 Å². The molecule has 0 unspecified atom stereocenters. The smallest absolute Gasteiger partial charge is 0.237 e. The normalized spacial score (nSPS) is 12.1. The Hall–Kier alpha value is -2.11. The van der Waals surface area contributed by atoms with Crippen LogP contribution in [0.25, 0.3) is 10.9 Å². The van der Waals surface area contributed by atoms with E-state index in [0.29, 0.717) is 16.5 Å². The van der Waals surface area contributed by atoms with Gasteiger partial charge in [0.25, 0.3) is 0 Å². The van der Waals surface area contributed by atoms with E-state index >= 15 is 0 Å². The molecule has 0 bridgehead atoms. The van der Waals surface area contributed by atoms with Crippen LogP contribution in [0.4, 0.5) is 5.69 Å². The molecule has 0 aliphatic heterocycles. The topological polar surface area (TPSA) is 54.9 Å². The summed E-state index contributed by atoms with van der Waals surface area (Å²) in [5.41, 5.74) is 1.57. The van der Waals surface area contributed by atoms with Crippen LogP contribution in [-0.2, 0) is 4.79 Å². The van der Waals surface area contributed by atoms with Crippen LogP contribution < -0.4 is 5.32 Å². The zero-order valence-electron chi connectivity index (χ0n) is 13.3. The quantitative estimate of drug-likeness (QED) is 0.542. The number of amides is 1. The summed E-state index contributed by atoms with van der Waals surface area (Å²) in [6, 6.07) is 14.9. The van der Waals surface area contributed by atoms with Gasteiger partial charge in [0.15, 0.2) is 0 Å². The molecule has 3 aromatic rings. The van der Waals surface area contributed by atoms with Gasteiger partial charge in [-0.2, -0.15) is 0 Å². The summed E-state index contributed by atoms with van der Waals surface area (Å²) in [4.78, 5) is 21.4. The molecule has 6 heteroatoms. The second kappa shape index (κ2) is 7.20. The van der Waals surface area contributed by atoms with E-state index in [9.17, 15) is 4.79 Å². The van der Waals surface area contributed by atoms with Crippen LogP contribution >= 0.6 is 23.4 Å². The molecule has 0 radical (unpaired) electrons. The van der Waals surface area contributed by atoms with Crippen molar-refractivity contribution in [2.45, 2.75) is 24.1 Å². The third-order valence-electron chi connectivity index (χ3n) is 3.43. The monoisotopic (exact) mass is 357 g/mol. The second-order valence-corrected chi connectivity index (χ2v) is 7.12. The summed E-state index contributed by atoms with van der Waals surface area (Å²) < 4.78 is 0. The summed E-state index contributed by atoms with van der Waals surface area (Å²) in [6.45, 7) is 3.71. The first kappa shape index (κ1) is 16.7. The Bertz CT molecular complexity index is 900. The fourth-order valence-corrected chi connectivity index (χ4v) is 3.45. The summed E-state index contributed by atoms with van der Waals surface area (Å²) >= 11 is 7.37. The van der Waals surface area contributed by atoms with Gasteiger partial charge in [0, 0.05) is 16.1 Å². The van der Waals surface area contributed by atoms with E-state index in [1.807, 2.05) is 44.2 Å². The van der Waals surface area contributed by atoms with Crippen molar-refractivity contribution in [2.75, 3.05) is 5.32 Å².